The summed E-state index contributed by atoms with van der Waals surface area (Å²) in [5, 5.41) is 8.55. The zero-order valence-electron chi connectivity index (χ0n) is 15.2. The Morgan fingerprint density at radius 1 is 1.10 bits per heavy atom. The maximum atomic E-state index is 12.3. The summed E-state index contributed by atoms with van der Waals surface area (Å²) in [5.41, 5.74) is 2.63. The molecule has 146 valence electrons. The van der Waals surface area contributed by atoms with Gasteiger partial charge in [-0.2, -0.15) is 0 Å². The van der Waals surface area contributed by atoms with Gasteiger partial charge in [0.15, 0.2) is 0 Å². The minimum atomic E-state index is -5.59. The Balaban J connectivity index is 0.00000210. The van der Waals surface area contributed by atoms with Crippen molar-refractivity contribution < 1.29 is 92.9 Å². The zero-order valence-corrected chi connectivity index (χ0v) is 22.6. The summed E-state index contributed by atoms with van der Waals surface area (Å²) < 4.78 is 24.8. The molecule has 3 aromatic rings. The first-order valence-corrected chi connectivity index (χ1v) is 12.2. The number of hydrogen-bond acceptors (Lipinski definition) is 9. The summed E-state index contributed by atoms with van der Waals surface area (Å²) in [5.74, 6) is -0.173. The number of hydrogen-bond donors (Lipinski definition) is 4. The first kappa shape index (κ1) is 27.5. The maximum absolute atomic E-state index is 12.3. The fourth-order valence-electron chi connectivity index (χ4n) is 2.57. The molecule has 0 spiro atoms. The minimum absolute atomic E-state index is 0. The number of thiophene rings is 1. The number of phenolic OH excluding ortho intramolecular Hbond substituents is 1. The second-order valence-electron chi connectivity index (χ2n) is 5.52. The van der Waals surface area contributed by atoms with Gasteiger partial charge in [-0.3, -0.25) is 4.79 Å². The summed E-state index contributed by atoms with van der Waals surface area (Å²) in [6.45, 7) is 0. The number of nitrogens with one attached hydrogen (secondary N) is 1. The van der Waals surface area contributed by atoms with E-state index in [1.165, 1.54) is 35.7 Å². The van der Waals surface area contributed by atoms with E-state index in [1.807, 2.05) is 0 Å². The van der Waals surface area contributed by atoms with Crippen LogP contribution >= 0.6 is 37.9 Å². The number of benzene rings is 1. The van der Waals surface area contributed by atoms with Gasteiger partial charge in [0, 0.05) is 10.9 Å². The first-order valence-electron chi connectivity index (χ1n) is 7.20. The topological polar surface area (TPSA) is 175 Å². The molecule has 0 radical (unpaired) electrons. The number of aromatic nitrogens is 1. The average Bonchev–Trinajstić information content (AvgIpc) is 3.13. The third-order valence-electron chi connectivity index (χ3n) is 3.65. The summed E-state index contributed by atoms with van der Waals surface area (Å²) >= 11 is 1.73. The molecule has 3 unspecified atom stereocenters. The van der Waals surface area contributed by atoms with E-state index in [2.05, 4.69) is 5.43 Å². The molecule has 0 saturated carbocycles. The van der Waals surface area contributed by atoms with E-state index in [4.69, 9.17) is 0 Å². The van der Waals surface area contributed by atoms with Crippen LogP contribution in [0.5, 0.6) is 5.75 Å². The number of fused-ring (bicyclic) bond motifs is 1. The molecule has 0 aliphatic carbocycles. The van der Waals surface area contributed by atoms with Crippen LogP contribution in [0.2, 0.25) is 0 Å². The van der Waals surface area contributed by atoms with Crippen molar-refractivity contribution in [1.82, 2.24) is 4.68 Å². The predicted octanol–water partition coefficient (Wildman–Crippen LogP) is -5.46. The fraction of sp³-hybridized carbons (Fsp3) is 0.154. The summed E-state index contributed by atoms with van der Waals surface area (Å²) in [6.07, 6.45) is 0. The molecule has 0 aliphatic rings. The van der Waals surface area contributed by atoms with Crippen LogP contribution in [0.1, 0.15) is 10.9 Å². The van der Waals surface area contributed by atoms with Crippen LogP contribution in [0.4, 0.5) is 0 Å². The van der Waals surface area contributed by atoms with Crippen molar-refractivity contribution in [2.45, 2.75) is 11.4 Å². The maximum Gasteiger partial charge on any atom is 1.00 e. The molecule has 0 fully saturated rings. The standard InChI is InChI=1S/C13H14N2O8P2S2.2Na/c16-7-3-4-9-8(6-7)15(13(17)27-9)14-11(10-2-1-5-26-10)12(24(18,19)20)25(21,22)23;;/h1-6,11-12,14,16H,(H2,18,19,20)(H2,21,22,23);;/q;2*+1/p-2. The molecule has 1 aromatic carbocycles. The van der Waals surface area contributed by atoms with Gasteiger partial charge < -0.3 is 39.2 Å². The van der Waals surface area contributed by atoms with E-state index < -0.39 is 31.5 Å². The molecule has 29 heavy (non-hydrogen) atoms. The number of rotatable bonds is 6. The summed E-state index contributed by atoms with van der Waals surface area (Å²) in [4.78, 5) is 54.2. The first-order chi connectivity index (χ1) is 12.5. The smallest absolute Gasteiger partial charge is 0.778 e. The number of thiazole rings is 1. The van der Waals surface area contributed by atoms with Gasteiger partial charge >= 0.3 is 64.0 Å². The molecule has 2 heterocycles. The SMILES string of the molecule is O=c1sc2ccc(O)cc2n1NC(c1cccs1)C(P(=O)([O-])O)P(=O)([O-])O.[Na+].[Na+]. The molecular formula is C13H12N2Na2O8P2S2. The molecule has 2 aromatic heterocycles. The third-order valence-corrected chi connectivity index (χ3v) is 9.21. The van der Waals surface area contributed by atoms with Gasteiger partial charge in [-0.1, -0.05) is 17.4 Å². The second kappa shape index (κ2) is 10.4. The molecule has 0 saturated heterocycles. The molecule has 0 amide bonds. The molecule has 3 rings (SSSR count). The van der Waals surface area contributed by atoms with Crippen molar-refractivity contribution >= 4 is 48.1 Å². The van der Waals surface area contributed by atoms with Crippen molar-refractivity contribution in [2.24, 2.45) is 0 Å². The van der Waals surface area contributed by atoms with Crippen molar-refractivity contribution in [3.63, 3.8) is 0 Å². The molecule has 10 nitrogen and oxygen atoms in total. The Bertz CT molecular complexity index is 1100. The molecule has 3 atom stereocenters. The largest absolute Gasteiger partial charge is 1.00 e. The summed E-state index contributed by atoms with van der Waals surface area (Å²) in [7, 11) is -11.2. The molecule has 4 N–H and O–H groups in total. The van der Waals surface area contributed by atoms with E-state index >= 15 is 0 Å². The van der Waals surface area contributed by atoms with Gasteiger partial charge in [-0.05, 0) is 23.6 Å². The third kappa shape index (κ3) is 6.27. The molecule has 16 heteroatoms. The van der Waals surface area contributed by atoms with E-state index in [0.29, 0.717) is 4.70 Å². The Kier molecular flexibility index (Phi) is 9.89. The molecular weight excluding hydrogens is 484 g/mol. The Labute approximate surface area is 216 Å². The predicted molar refractivity (Wildman–Crippen MR) is 97.6 cm³/mol. The minimum Gasteiger partial charge on any atom is -0.778 e. The van der Waals surface area contributed by atoms with Gasteiger partial charge in [-0.15, -0.1) is 11.3 Å². The van der Waals surface area contributed by atoms with Gasteiger partial charge in [0.2, 0.25) is 0 Å². The number of aromatic hydroxyl groups is 1. The number of phenols is 1. The Hall–Kier alpha value is 0.510. The van der Waals surface area contributed by atoms with E-state index in [1.54, 1.807) is 0 Å². The molecule has 0 aliphatic heterocycles. The van der Waals surface area contributed by atoms with Crippen LogP contribution in [0.25, 0.3) is 10.2 Å². The zero-order chi connectivity index (χ0) is 20.0. The van der Waals surface area contributed by atoms with Gasteiger partial charge in [0.05, 0.1) is 16.3 Å². The van der Waals surface area contributed by atoms with Crippen LogP contribution < -0.4 is 79.2 Å². The van der Waals surface area contributed by atoms with Gasteiger partial charge in [0.25, 0.3) is 0 Å². The van der Waals surface area contributed by atoms with E-state index in [0.717, 1.165) is 27.3 Å². The van der Waals surface area contributed by atoms with Crippen LogP contribution in [-0.4, -0.2) is 25.0 Å². The Morgan fingerprint density at radius 3 is 2.24 bits per heavy atom. The van der Waals surface area contributed by atoms with Crippen LogP contribution in [-0.2, 0) is 9.13 Å². The second-order valence-corrected chi connectivity index (χ2v) is 11.3. The number of nitrogens with zero attached hydrogens (tertiary/aromatic N) is 1. The Morgan fingerprint density at radius 2 is 1.72 bits per heavy atom. The van der Waals surface area contributed by atoms with Crippen molar-refractivity contribution in [3.8, 4) is 5.75 Å². The van der Waals surface area contributed by atoms with Crippen LogP contribution in [0.3, 0.4) is 0 Å². The normalized spacial score (nSPS) is 17.2. The van der Waals surface area contributed by atoms with Crippen LogP contribution in [0.15, 0.2) is 40.5 Å². The van der Waals surface area contributed by atoms with Crippen molar-refractivity contribution in [1.29, 1.82) is 0 Å². The van der Waals surface area contributed by atoms with Crippen molar-refractivity contribution in [3.05, 3.63) is 50.3 Å². The molecule has 0 bridgehead atoms. The van der Waals surface area contributed by atoms with Crippen molar-refractivity contribution in [2.75, 3.05) is 5.43 Å². The van der Waals surface area contributed by atoms with Crippen LogP contribution in [0, 0.1) is 0 Å². The van der Waals surface area contributed by atoms with E-state index in [9.17, 15) is 38.6 Å². The monoisotopic (exact) mass is 496 g/mol. The van der Waals surface area contributed by atoms with Gasteiger partial charge in [-0.25, -0.2) is 4.68 Å². The fourth-order valence-corrected chi connectivity index (χ4v) is 7.09. The quantitative estimate of drug-likeness (QED) is 0.192. The van der Waals surface area contributed by atoms with E-state index in [-0.39, 0.29) is 75.3 Å². The van der Waals surface area contributed by atoms with Gasteiger partial charge in [0.1, 0.15) is 26.3 Å². The summed E-state index contributed by atoms with van der Waals surface area (Å²) in [6, 6.07) is 5.25. The average molecular weight is 496 g/mol.